The third kappa shape index (κ3) is 1.65. The summed E-state index contributed by atoms with van der Waals surface area (Å²) in [7, 11) is 0. The lowest BCUT2D eigenvalue weighted by Crippen LogP contribution is -2.46. The quantitative estimate of drug-likeness (QED) is 0.663. The van der Waals surface area contributed by atoms with Crippen molar-refractivity contribution in [3.05, 3.63) is 48.0 Å². The largest absolute Gasteiger partial charge is 0.272 e. The first-order chi connectivity index (χ1) is 11.2. The Bertz CT molecular complexity index is 721. The van der Waals surface area contributed by atoms with E-state index in [9.17, 15) is 14.4 Å². The number of benzene rings is 1. The molecule has 2 saturated carbocycles. The number of nitrogens with one attached hydrogen (secondary N) is 1. The Hall–Kier alpha value is -2.43. The highest BCUT2D eigenvalue weighted by Crippen LogP contribution is 2.65. The number of amides is 3. The van der Waals surface area contributed by atoms with Gasteiger partial charge in [-0.3, -0.25) is 19.8 Å². The number of hydrazine groups is 1. The Kier molecular flexibility index (Phi) is 2.45. The zero-order valence-electron chi connectivity index (χ0n) is 12.4. The number of carbonyl (C=O) groups is 3. The summed E-state index contributed by atoms with van der Waals surface area (Å²) < 4.78 is 0. The second-order valence-corrected chi connectivity index (χ2v) is 6.97. The first kappa shape index (κ1) is 13.0. The summed E-state index contributed by atoms with van der Waals surface area (Å²) in [6.07, 6.45) is 5.37. The standard InChI is InChI=1S/C18H16N2O3/c21-16(9-4-2-1-3-5-9)19-20-17(22)14-10-6-7-11(13-8-12(10)13)15(14)18(20)23/h1-7,10-15H,8H2,(H,19,21)/t10-,11-,12-,13+,14+,15+/m0/s1. The molecule has 3 fully saturated rings. The lowest BCUT2D eigenvalue weighted by atomic mass is 9.63. The van der Waals surface area contributed by atoms with Crippen LogP contribution in [0.1, 0.15) is 16.8 Å². The number of carbonyl (C=O) groups excluding carboxylic acids is 3. The predicted molar refractivity (Wildman–Crippen MR) is 80.5 cm³/mol. The molecule has 4 aliphatic carbocycles. The third-order valence-corrected chi connectivity index (χ3v) is 5.91. The summed E-state index contributed by atoms with van der Waals surface area (Å²) in [6.45, 7) is 0. The van der Waals surface area contributed by atoms with Crippen molar-refractivity contribution in [1.29, 1.82) is 0 Å². The van der Waals surface area contributed by atoms with Gasteiger partial charge in [0.25, 0.3) is 17.7 Å². The summed E-state index contributed by atoms with van der Waals surface area (Å²) >= 11 is 0. The van der Waals surface area contributed by atoms with Gasteiger partial charge in [0.2, 0.25) is 0 Å². The number of imide groups is 1. The maximum atomic E-state index is 12.7. The first-order valence-corrected chi connectivity index (χ1v) is 8.09. The van der Waals surface area contributed by atoms with E-state index in [2.05, 4.69) is 17.6 Å². The van der Waals surface area contributed by atoms with E-state index < -0.39 is 5.91 Å². The SMILES string of the molecule is O=C(NN1C(=O)[C@@H]2[C@H]3C=C[C@@H]([C@@H]4C[C@H]34)[C@H]2C1=O)c1ccccc1. The van der Waals surface area contributed by atoms with Crippen LogP contribution in [0.15, 0.2) is 42.5 Å². The van der Waals surface area contributed by atoms with Gasteiger partial charge in [-0.25, -0.2) is 0 Å². The molecule has 3 amide bonds. The highest BCUT2D eigenvalue weighted by atomic mass is 16.2. The van der Waals surface area contributed by atoms with Gasteiger partial charge in [-0.15, -0.1) is 0 Å². The minimum absolute atomic E-state index is 0.171. The predicted octanol–water partition coefficient (Wildman–Crippen LogP) is 1.38. The van der Waals surface area contributed by atoms with E-state index in [4.69, 9.17) is 0 Å². The van der Waals surface area contributed by atoms with E-state index in [-0.39, 0.29) is 35.5 Å². The highest BCUT2D eigenvalue weighted by molar-refractivity contribution is 6.08. The molecule has 0 aromatic heterocycles. The minimum atomic E-state index is -0.420. The molecule has 2 bridgehead atoms. The average Bonchev–Trinajstić information content (AvgIpc) is 3.37. The smallest absolute Gasteiger partial charge is 0.270 e. The van der Waals surface area contributed by atoms with Gasteiger partial charge >= 0.3 is 0 Å². The molecule has 0 radical (unpaired) electrons. The molecule has 1 aliphatic heterocycles. The molecule has 1 aromatic rings. The van der Waals surface area contributed by atoms with Gasteiger partial charge in [-0.1, -0.05) is 30.4 Å². The van der Waals surface area contributed by atoms with Crippen LogP contribution in [0.25, 0.3) is 0 Å². The van der Waals surface area contributed by atoms with Crippen LogP contribution >= 0.6 is 0 Å². The molecular formula is C18H16N2O3. The Morgan fingerprint density at radius 3 is 2.09 bits per heavy atom. The minimum Gasteiger partial charge on any atom is -0.272 e. The summed E-state index contributed by atoms with van der Waals surface area (Å²) in [5.41, 5.74) is 2.95. The Morgan fingerprint density at radius 2 is 1.52 bits per heavy atom. The molecule has 1 heterocycles. The molecule has 1 saturated heterocycles. The number of nitrogens with zero attached hydrogens (tertiary/aromatic N) is 1. The lowest BCUT2D eigenvalue weighted by molar-refractivity contribution is -0.143. The van der Waals surface area contributed by atoms with Crippen molar-refractivity contribution in [2.24, 2.45) is 35.5 Å². The summed E-state index contributed by atoms with van der Waals surface area (Å²) in [6, 6.07) is 8.63. The molecule has 0 unspecified atom stereocenters. The van der Waals surface area contributed by atoms with Crippen molar-refractivity contribution in [3.8, 4) is 0 Å². The Morgan fingerprint density at radius 1 is 0.957 bits per heavy atom. The van der Waals surface area contributed by atoms with Crippen LogP contribution in [0.5, 0.6) is 0 Å². The zero-order chi connectivity index (χ0) is 15.7. The van der Waals surface area contributed by atoms with Crippen LogP contribution in [-0.2, 0) is 9.59 Å². The van der Waals surface area contributed by atoms with Crippen molar-refractivity contribution in [3.63, 3.8) is 0 Å². The molecular weight excluding hydrogens is 292 g/mol. The molecule has 5 nitrogen and oxygen atoms in total. The van der Waals surface area contributed by atoms with E-state index in [1.54, 1.807) is 24.3 Å². The summed E-state index contributed by atoms with van der Waals surface area (Å²) in [4.78, 5) is 37.7. The maximum absolute atomic E-state index is 12.7. The van der Waals surface area contributed by atoms with Crippen molar-refractivity contribution < 1.29 is 14.4 Å². The molecule has 116 valence electrons. The number of allylic oxidation sites excluding steroid dienone is 2. The number of hydrogen-bond acceptors (Lipinski definition) is 3. The van der Waals surface area contributed by atoms with Gasteiger partial charge in [-0.2, -0.15) is 5.01 Å². The van der Waals surface area contributed by atoms with Crippen LogP contribution in [-0.4, -0.2) is 22.7 Å². The third-order valence-electron chi connectivity index (χ3n) is 5.91. The highest BCUT2D eigenvalue weighted by Gasteiger charge is 2.67. The van der Waals surface area contributed by atoms with Gasteiger partial charge in [0.05, 0.1) is 11.8 Å². The molecule has 5 aliphatic rings. The summed E-state index contributed by atoms with van der Waals surface area (Å²) in [5.74, 6) is 0.00438. The molecule has 6 atom stereocenters. The molecule has 1 aromatic carbocycles. The topological polar surface area (TPSA) is 66.5 Å². The molecule has 23 heavy (non-hydrogen) atoms. The molecule has 1 N–H and O–H groups in total. The van der Waals surface area contributed by atoms with Crippen LogP contribution < -0.4 is 5.43 Å². The second-order valence-electron chi connectivity index (χ2n) is 6.97. The van der Waals surface area contributed by atoms with Crippen LogP contribution in [0.4, 0.5) is 0 Å². The van der Waals surface area contributed by atoms with Crippen molar-refractivity contribution in [2.75, 3.05) is 0 Å². The monoisotopic (exact) mass is 308 g/mol. The van der Waals surface area contributed by atoms with Gasteiger partial charge < -0.3 is 0 Å². The number of rotatable bonds is 2. The number of hydrogen-bond donors (Lipinski definition) is 1. The van der Waals surface area contributed by atoms with Crippen LogP contribution in [0.3, 0.4) is 0 Å². The van der Waals surface area contributed by atoms with Crippen molar-refractivity contribution in [2.45, 2.75) is 6.42 Å². The normalized spacial score (nSPS) is 39.2. The first-order valence-electron chi connectivity index (χ1n) is 8.09. The maximum Gasteiger partial charge on any atom is 0.270 e. The fraction of sp³-hybridized carbons (Fsp3) is 0.389. The van der Waals surface area contributed by atoms with Gasteiger partial charge in [0.15, 0.2) is 0 Å². The average molecular weight is 308 g/mol. The summed E-state index contributed by atoms with van der Waals surface area (Å²) in [5, 5.41) is 0.975. The molecule has 0 spiro atoms. The van der Waals surface area contributed by atoms with E-state index in [1.165, 1.54) is 0 Å². The fourth-order valence-corrected chi connectivity index (χ4v) is 4.82. The molecule has 5 heteroatoms. The van der Waals surface area contributed by atoms with E-state index in [0.717, 1.165) is 11.4 Å². The van der Waals surface area contributed by atoms with E-state index >= 15 is 0 Å². The van der Waals surface area contributed by atoms with Gasteiger partial charge in [-0.05, 0) is 42.2 Å². The Balaban J connectivity index is 1.42. The van der Waals surface area contributed by atoms with Crippen molar-refractivity contribution in [1.82, 2.24) is 10.4 Å². The molecule has 6 rings (SSSR count). The van der Waals surface area contributed by atoms with Gasteiger partial charge in [0, 0.05) is 5.56 Å². The van der Waals surface area contributed by atoms with E-state index in [0.29, 0.717) is 17.4 Å². The second kappa shape index (κ2) is 4.31. The van der Waals surface area contributed by atoms with Crippen LogP contribution in [0.2, 0.25) is 0 Å². The van der Waals surface area contributed by atoms with Crippen LogP contribution in [0, 0.1) is 35.5 Å². The lowest BCUT2D eigenvalue weighted by Gasteiger charge is -2.37. The van der Waals surface area contributed by atoms with Gasteiger partial charge in [0.1, 0.15) is 0 Å². The van der Waals surface area contributed by atoms with Crippen molar-refractivity contribution >= 4 is 17.7 Å². The van der Waals surface area contributed by atoms with E-state index in [1.807, 2.05) is 6.07 Å². The zero-order valence-corrected chi connectivity index (χ0v) is 12.4. The fourth-order valence-electron chi connectivity index (χ4n) is 4.82. The Labute approximate surface area is 133 Å².